The predicted octanol–water partition coefficient (Wildman–Crippen LogP) is 3.47. The number of hydrogen-bond donors (Lipinski definition) is 2. The number of urea groups is 1. The molecule has 1 heterocycles. The summed E-state index contributed by atoms with van der Waals surface area (Å²) in [6.07, 6.45) is -2.88. The molecule has 0 unspecified atom stereocenters. The second kappa shape index (κ2) is 10.5. The Morgan fingerprint density at radius 3 is 2.53 bits per heavy atom. The van der Waals surface area contributed by atoms with Crippen LogP contribution >= 0.6 is 0 Å². The Hall–Kier alpha value is -4.35. The minimum atomic E-state index is -4.89. The van der Waals surface area contributed by atoms with E-state index in [-0.39, 0.29) is 12.2 Å². The van der Waals surface area contributed by atoms with E-state index >= 15 is 0 Å². The summed E-state index contributed by atoms with van der Waals surface area (Å²) in [7, 11) is 1.41. The van der Waals surface area contributed by atoms with E-state index in [2.05, 4.69) is 10.1 Å². The number of ketones is 1. The molecule has 1 atom stereocenters. The number of amides is 3. The quantitative estimate of drug-likeness (QED) is 0.557. The number of nitrogens with zero attached hydrogens (tertiary/aromatic N) is 2. The zero-order valence-corrected chi connectivity index (χ0v) is 19.2. The first-order valence-corrected chi connectivity index (χ1v) is 10.6. The summed E-state index contributed by atoms with van der Waals surface area (Å²) < 4.78 is 42.0. The Morgan fingerprint density at radius 1 is 1.14 bits per heavy atom. The molecule has 2 N–H and O–H groups in total. The zero-order valence-electron chi connectivity index (χ0n) is 19.2. The van der Waals surface area contributed by atoms with Crippen LogP contribution in [0.1, 0.15) is 12.0 Å². The van der Waals surface area contributed by atoms with Crippen molar-refractivity contribution < 1.29 is 42.2 Å². The van der Waals surface area contributed by atoms with E-state index in [1.165, 1.54) is 37.5 Å². The third kappa shape index (κ3) is 6.40. The number of aryl methyl sites for hydroxylation is 1. The molecule has 0 saturated carbocycles. The summed E-state index contributed by atoms with van der Waals surface area (Å²) in [6, 6.07) is 7.35. The van der Waals surface area contributed by atoms with Crippen LogP contribution in [0.25, 0.3) is 11.1 Å². The van der Waals surface area contributed by atoms with Crippen molar-refractivity contribution in [3.05, 3.63) is 60.3 Å². The second-order valence-electron chi connectivity index (χ2n) is 7.95. The van der Waals surface area contributed by atoms with Crippen molar-refractivity contribution in [3.8, 4) is 16.9 Å². The highest BCUT2D eigenvalue weighted by Crippen LogP contribution is 2.32. The predicted molar refractivity (Wildman–Crippen MR) is 122 cm³/mol. The van der Waals surface area contributed by atoms with Gasteiger partial charge < -0.3 is 20.1 Å². The highest BCUT2D eigenvalue weighted by molar-refractivity contribution is 6.19. The number of carbonyl (C=O) groups excluding carboxylic acids is 3. The Morgan fingerprint density at radius 2 is 1.86 bits per heavy atom. The van der Waals surface area contributed by atoms with Crippen LogP contribution in [0.15, 0.2) is 54.7 Å². The molecule has 0 radical (unpaired) electrons. The highest BCUT2D eigenvalue weighted by Gasteiger charge is 2.39. The largest absolute Gasteiger partial charge is 0.573 e. The molecular weight excluding hydrogens is 483 g/mol. The normalized spacial score (nSPS) is 15.6. The first-order chi connectivity index (χ1) is 16.9. The Labute approximate surface area is 203 Å². The fraction of sp³-hybridized carbons (Fsp3) is 0.250. The first kappa shape index (κ1) is 26.3. The Kier molecular flexibility index (Phi) is 7.66. The lowest BCUT2D eigenvalue weighted by atomic mass is 10.00. The zero-order chi connectivity index (χ0) is 26.6. The van der Waals surface area contributed by atoms with Crippen LogP contribution in [0.4, 0.5) is 23.7 Å². The summed E-state index contributed by atoms with van der Waals surface area (Å²) in [5.74, 6) is -2.97. The van der Waals surface area contributed by atoms with E-state index < -0.39 is 48.3 Å². The molecule has 2 aromatic rings. The number of anilines is 1. The maximum absolute atomic E-state index is 13.1. The minimum Gasteiger partial charge on any atom is -0.481 e. The van der Waals surface area contributed by atoms with Gasteiger partial charge in [0.25, 0.3) is 5.91 Å². The van der Waals surface area contributed by atoms with Crippen LogP contribution in [-0.4, -0.2) is 59.7 Å². The van der Waals surface area contributed by atoms with E-state index in [4.69, 9.17) is 5.11 Å². The maximum atomic E-state index is 13.1. The molecule has 12 heteroatoms. The van der Waals surface area contributed by atoms with Gasteiger partial charge in [-0.3, -0.25) is 19.3 Å². The molecule has 0 aliphatic carbocycles. The van der Waals surface area contributed by atoms with Gasteiger partial charge in [-0.25, -0.2) is 4.79 Å². The molecule has 3 rings (SSSR count). The molecule has 36 heavy (non-hydrogen) atoms. The Bertz CT molecular complexity index is 1230. The molecule has 9 nitrogen and oxygen atoms in total. The van der Waals surface area contributed by atoms with Gasteiger partial charge in [0, 0.05) is 31.6 Å². The van der Waals surface area contributed by atoms with Crippen LogP contribution in [0.3, 0.4) is 0 Å². The molecule has 190 valence electrons. The van der Waals surface area contributed by atoms with Gasteiger partial charge in [-0.2, -0.15) is 0 Å². The Balaban J connectivity index is 2.06. The number of nitrogens with one attached hydrogen (secondary N) is 1. The molecule has 0 bridgehead atoms. The summed E-state index contributed by atoms with van der Waals surface area (Å²) >= 11 is 0. The van der Waals surface area contributed by atoms with E-state index in [9.17, 15) is 32.3 Å². The summed E-state index contributed by atoms with van der Waals surface area (Å²) in [4.78, 5) is 51.6. The lowest BCUT2D eigenvalue weighted by Gasteiger charge is -2.33. The van der Waals surface area contributed by atoms with Crippen LogP contribution in [0.5, 0.6) is 5.75 Å². The fourth-order valence-electron chi connectivity index (χ4n) is 3.59. The number of carbonyl (C=O) groups is 4. The van der Waals surface area contributed by atoms with Crippen molar-refractivity contribution in [2.45, 2.75) is 25.7 Å². The average Bonchev–Trinajstić information content (AvgIpc) is 2.77. The van der Waals surface area contributed by atoms with E-state index in [0.29, 0.717) is 16.7 Å². The minimum absolute atomic E-state index is 0.107. The molecule has 0 aromatic heterocycles. The highest BCUT2D eigenvalue weighted by atomic mass is 19.4. The first-order valence-electron chi connectivity index (χ1n) is 10.6. The number of carboxylic acids is 1. The van der Waals surface area contributed by atoms with Gasteiger partial charge in [0.15, 0.2) is 11.8 Å². The molecule has 1 aliphatic heterocycles. The number of aliphatic carboxylic acids is 1. The maximum Gasteiger partial charge on any atom is 0.573 e. The van der Waals surface area contributed by atoms with Gasteiger partial charge in [0.2, 0.25) is 0 Å². The van der Waals surface area contributed by atoms with Crippen molar-refractivity contribution in [2.75, 3.05) is 18.5 Å². The molecule has 3 amide bonds. The van der Waals surface area contributed by atoms with Crippen molar-refractivity contribution in [3.63, 3.8) is 0 Å². The number of likely N-dealkylation sites (N-methyl/N-ethyl adjacent to an activating group) is 1. The summed E-state index contributed by atoms with van der Waals surface area (Å²) in [5, 5.41) is 11.3. The van der Waals surface area contributed by atoms with Crippen molar-refractivity contribution in [1.82, 2.24) is 10.2 Å². The average molecular weight is 505 g/mol. The topological polar surface area (TPSA) is 116 Å². The SMILES string of the molecule is Cc1cc(-c2cccc(OC(F)(F)F)c2)cc(N(C(=O)NCCC(=O)O)[C@H]2C(=O)C=CN(C)C2=O)c1. The number of alkyl halides is 3. The van der Waals surface area contributed by atoms with E-state index in [0.717, 1.165) is 28.0 Å². The van der Waals surface area contributed by atoms with Crippen LogP contribution in [0.2, 0.25) is 0 Å². The van der Waals surface area contributed by atoms with Gasteiger partial charge in [0.05, 0.1) is 6.42 Å². The van der Waals surface area contributed by atoms with Crippen molar-refractivity contribution >= 4 is 29.4 Å². The van der Waals surface area contributed by atoms with Gasteiger partial charge in [-0.1, -0.05) is 18.2 Å². The van der Waals surface area contributed by atoms with Gasteiger partial charge >= 0.3 is 18.4 Å². The number of carboxylic acid groups (broad SMARTS) is 1. The molecular formula is C24H22F3N3O6. The van der Waals surface area contributed by atoms with Gasteiger partial charge in [-0.15, -0.1) is 13.2 Å². The standard InChI is InChI=1S/C24H22F3N3O6/c1-14-10-16(15-4-3-5-18(13-15)36-24(25,26)27)12-17(11-14)30(23(35)28-8-6-20(32)33)21-19(31)7-9-29(2)22(21)34/h3-5,7,9-13,21H,6,8H2,1-2H3,(H,28,35)(H,32,33)/t21-/m0/s1. The number of ether oxygens (including phenoxy) is 1. The van der Waals surface area contributed by atoms with Crippen molar-refractivity contribution in [2.24, 2.45) is 0 Å². The smallest absolute Gasteiger partial charge is 0.481 e. The monoisotopic (exact) mass is 505 g/mol. The van der Waals surface area contributed by atoms with Crippen molar-refractivity contribution in [1.29, 1.82) is 0 Å². The molecule has 0 spiro atoms. The fourth-order valence-corrected chi connectivity index (χ4v) is 3.59. The summed E-state index contributed by atoms with van der Waals surface area (Å²) in [6.45, 7) is 1.40. The van der Waals surface area contributed by atoms with Crippen LogP contribution in [0, 0.1) is 6.92 Å². The van der Waals surface area contributed by atoms with E-state index in [1.54, 1.807) is 13.0 Å². The molecule has 0 fully saturated rings. The lowest BCUT2D eigenvalue weighted by molar-refractivity contribution is -0.274. The number of rotatable bonds is 7. The van der Waals surface area contributed by atoms with Crippen LogP contribution in [-0.2, 0) is 14.4 Å². The van der Waals surface area contributed by atoms with Gasteiger partial charge in [-0.05, 0) is 47.9 Å². The molecule has 0 saturated heterocycles. The second-order valence-corrected chi connectivity index (χ2v) is 7.95. The number of halogens is 3. The number of hydrogen-bond acceptors (Lipinski definition) is 5. The van der Waals surface area contributed by atoms with Gasteiger partial charge in [0.1, 0.15) is 5.75 Å². The van der Waals surface area contributed by atoms with E-state index in [1.807, 2.05) is 0 Å². The molecule has 1 aliphatic rings. The van der Waals surface area contributed by atoms with Crippen LogP contribution < -0.4 is 15.0 Å². The molecule has 2 aromatic carbocycles. The summed E-state index contributed by atoms with van der Waals surface area (Å²) in [5.41, 5.74) is 1.40. The third-order valence-electron chi connectivity index (χ3n) is 5.15. The lowest BCUT2D eigenvalue weighted by Crippen LogP contribution is -2.57. The number of benzene rings is 2. The third-order valence-corrected chi connectivity index (χ3v) is 5.15.